The zero-order valence-corrected chi connectivity index (χ0v) is 6.40. The van der Waals surface area contributed by atoms with Gasteiger partial charge in [0.1, 0.15) is 0 Å². The second kappa shape index (κ2) is 16.1. The van der Waals surface area contributed by atoms with Crippen molar-refractivity contribution in [1.29, 1.82) is 10.5 Å². The summed E-state index contributed by atoms with van der Waals surface area (Å²) in [5, 5.41) is 15.2. The molecule has 0 aromatic carbocycles. The van der Waals surface area contributed by atoms with Crippen molar-refractivity contribution in [3.63, 3.8) is 0 Å². The van der Waals surface area contributed by atoms with E-state index in [2.05, 4.69) is 8.37 Å². The average Bonchev–Trinajstić information content (AvgIpc) is 1.69. The Hall–Kier alpha value is 1.31. The Morgan fingerprint density at radius 1 is 1.11 bits per heavy atom. The summed E-state index contributed by atoms with van der Waals surface area (Å²) in [6, 6.07) is 0. The predicted octanol–water partition coefficient (Wildman–Crippen LogP) is -0.106. The molecule has 0 fully saturated rings. The van der Waals surface area contributed by atoms with Crippen LogP contribution in [-0.2, 0) is 30.7 Å². The van der Waals surface area contributed by atoms with Crippen molar-refractivity contribution >= 4 is 63.7 Å². The number of hydrogen-bond acceptors (Lipinski definition) is 5. The van der Waals surface area contributed by atoms with Crippen LogP contribution in [0.3, 0.4) is 0 Å². The van der Waals surface area contributed by atoms with Gasteiger partial charge in [-0.3, -0.25) is 0 Å². The minimum atomic E-state index is 0. The molecule has 9 heavy (non-hydrogen) atoms. The fraction of sp³-hybridized carbons (Fsp3) is 0. The van der Waals surface area contributed by atoms with E-state index in [9.17, 15) is 0 Å². The minimum absolute atomic E-state index is 0. The van der Waals surface area contributed by atoms with E-state index in [0.717, 1.165) is 0 Å². The molecule has 1 radical (unpaired) electrons. The van der Waals surface area contributed by atoms with Crippen molar-refractivity contribution in [2.24, 2.45) is 0 Å². The molecule has 0 aliphatic carbocycles. The van der Waals surface area contributed by atoms with Gasteiger partial charge in [-0.05, 0) is 0 Å². The van der Waals surface area contributed by atoms with Crippen LogP contribution in [0.1, 0.15) is 0 Å². The van der Waals surface area contributed by atoms with Crippen molar-refractivity contribution in [3.8, 4) is 12.5 Å². The van der Waals surface area contributed by atoms with Gasteiger partial charge in [0.25, 0.3) is 0 Å². The summed E-state index contributed by atoms with van der Waals surface area (Å²) < 4.78 is 7.70. The van der Waals surface area contributed by atoms with E-state index < -0.39 is 0 Å². The van der Waals surface area contributed by atoms with Gasteiger partial charge in [-0.2, -0.15) is 0 Å². The molecule has 0 aliphatic rings. The van der Waals surface area contributed by atoms with E-state index in [4.69, 9.17) is 10.5 Å². The van der Waals surface area contributed by atoms with Gasteiger partial charge in [-0.25, -0.2) is 0 Å². The molecule has 0 aliphatic heterocycles. The van der Waals surface area contributed by atoms with Gasteiger partial charge in [0.05, 0.1) is 0 Å². The molecular weight excluding hydrogens is 352 g/mol. The SMILES string of the molecule is N#COSOC#N.[Au].[KH]. The number of nitrogens with zero attached hydrogens (tertiary/aromatic N) is 2. The second-order valence-electron chi connectivity index (χ2n) is 0.417. The van der Waals surface area contributed by atoms with Gasteiger partial charge < -0.3 is 8.37 Å². The first kappa shape index (κ1) is 16.7. The van der Waals surface area contributed by atoms with Crippen LogP contribution in [-0.4, -0.2) is 51.4 Å². The maximum absolute atomic E-state index is 7.61. The summed E-state index contributed by atoms with van der Waals surface area (Å²) in [5.74, 6) is 0. The zero-order chi connectivity index (χ0) is 5.54. The fourth-order valence-corrected chi connectivity index (χ4v) is 0.142. The molecule has 0 N–H and O–H groups in total. The van der Waals surface area contributed by atoms with Crippen LogP contribution in [0.4, 0.5) is 0 Å². The van der Waals surface area contributed by atoms with E-state index >= 15 is 0 Å². The van der Waals surface area contributed by atoms with E-state index in [1.54, 1.807) is 0 Å². The third-order valence-electron chi connectivity index (χ3n) is 0.143. The number of hydrogen-bond donors (Lipinski definition) is 0. The van der Waals surface area contributed by atoms with Gasteiger partial charge >= 0.3 is 76.2 Å². The summed E-state index contributed by atoms with van der Waals surface area (Å²) in [5.41, 5.74) is 0. The molecule has 0 heterocycles. The maximum atomic E-state index is 7.61. The first-order valence-corrected chi connectivity index (χ1v) is 1.86. The predicted molar refractivity (Wildman–Crippen MR) is 28.1 cm³/mol. The monoisotopic (exact) mass is 353 g/mol. The Morgan fingerprint density at radius 2 is 1.44 bits per heavy atom. The topological polar surface area (TPSA) is 66.0 Å². The Bertz CT molecular complexity index is 107. The van der Waals surface area contributed by atoms with Crippen LogP contribution >= 0.6 is 12.3 Å². The summed E-state index contributed by atoms with van der Waals surface area (Å²) in [6.07, 6.45) is 2.58. The van der Waals surface area contributed by atoms with Crippen molar-refractivity contribution in [2.45, 2.75) is 0 Å². The Kier molecular flexibility index (Phi) is 30.0. The molecule has 0 atom stereocenters. The molecule has 0 saturated carbocycles. The molecule has 0 spiro atoms. The molecule has 0 unspecified atom stereocenters. The first-order chi connectivity index (χ1) is 3.41. The quantitative estimate of drug-likeness (QED) is 0.300. The summed E-state index contributed by atoms with van der Waals surface area (Å²) in [7, 11) is 0. The van der Waals surface area contributed by atoms with E-state index in [0.29, 0.717) is 12.3 Å². The third kappa shape index (κ3) is 17.6. The molecule has 0 rings (SSSR count). The summed E-state index contributed by atoms with van der Waals surface area (Å²) in [4.78, 5) is 0. The Balaban J connectivity index is -0.000000180. The van der Waals surface area contributed by atoms with Gasteiger partial charge in [0.15, 0.2) is 0 Å². The summed E-state index contributed by atoms with van der Waals surface area (Å²) >= 11 is 0.331. The van der Waals surface area contributed by atoms with Gasteiger partial charge in [0, 0.05) is 22.4 Å². The molecule has 0 aromatic heterocycles. The van der Waals surface area contributed by atoms with Crippen molar-refractivity contribution in [2.75, 3.05) is 0 Å². The van der Waals surface area contributed by atoms with Crippen LogP contribution in [0.5, 0.6) is 0 Å². The molecule has 0 saturated heterocycles. The van der Waals surface area contributed by atoms with Crippen molar-refractivity contribution in [1.82, 2.24) is 0 Å². The third-order valence-corrected chi connectivity index (χ3v) is 0.428. The number of nitriles is 2. The molecule has 49 valence electrons. The normalized spacial score (nSPS) is 4.22. The first-order valence-electron chi connectivity index (χ1n) is 1.19. The van der Waals surface area contributed by atoms with Crippen molar-refractivity contribution in [3.05, 3.63) is 0 Å². The molecule has 0 aromatic rings. The standard InChI is InChI=1S/C2N2O2S.Au.K.H/c3-1-5-7-6-2-4;;;. The summed E-state index contributed by atoms with van der Waals surface area (Å²) in [6.45, 7) is 0. The Morgan fingerprint density at radius 3 is 1.67 bits per heavy atom. The van der Waals surface area contributed by atoms with Gasteiger partial charge in [-0.1, -0.05) is 0 Å². The average molecular weight is 353 g/mol. The van der Waals surface area contributed by atoms with Crippen LogP contribution in [0, 0.1) is 23.0 Å². The fourth-order valence-electron chi connectivity index (χ4n) is 0.0474. The van der Waals surface area contributed by atoms with Crippen LogP contribution in [0.25, 0.3) is 0 Å². The van der Waals surface area contributed by atoms with E-state index in [1.807, 2.05) is 0 Å². The molecular formula is C2HAuKN2O2S. The molecule has 0 bridgehead atoms. The zero-order valence-electron chi connectivity index (χ0n) is 3.42. The van der Waals surface area contributed by atoms with Gasteiger partial charge in [-0.15, -0.1) is 10.5 Å². The Labute approximate surface area is 115 Å². The van der Waals surface area contributed by atoms with Gasteiger partial charge in [0.2, 0.25) is 0 Å². The molecule has 0 amide bonds. The van der Waals surface area contributed by atoms with Crippen LogP contribution < -0.4 is 0 Å². The van der Waals surface area contributed by atoms with E-state index in [1.165, 1.54) is 12.5 Å². The van der Waals surface area contributed by atoms with Crippen LogP contribution in [0.2, 0.25) is 0 Å². The van der Waals surface area contributed by atoms with Crippen LogP contribution in [0.15, 0.2) is 0 Å². The number of rotatable bonds is 2. The molecule has 7 heteroatoms. The van der Waals surface area contributed by atoms with E-state index in [-0.39, 0.29) is 73.8 Å². The van der Waals surface area contributed by atoms with Crippen molar-refractivity contribution < 1.29 is 30.7 Å². The molecule has 4 nitrogen and oxygen atoms in total. The second-order valence-corrected chi connectivity index (χ2v) is 0.887.